The molecule has 1 aromatic rings. The normalized spacial score (nSPS) is 9.86. The van der Waals surface area contributed by atoms with Gasteiger partial charge in [-0.3, -0.25) is 4.79 Å². The van der Waals surface area contributed by atoms with E-state index in [2.05, 4.69) is 15.3 Å². The van der Waals surface area contributed by atoms with Crippen molar-refractivity contribution in [1.29, 1.82) is 0 Å². The molecule has 0 aromatic carbocycles. The second kappa shape index (κ2) is 5.54. The number of hydrogen-bond acceptors (Lipinski definition) is 3. The zero-order valence-electron chi connectivity index (χ0n) is 7.96. The van der Waals surface area contributed by atoms with Crippen molar-refractivity contribution in [3.63, 3.8) is 0 Å². The maximum absolute atomic E-state index is 11.1. The third-order valence-electron chi connectivity index (χ3n) is 1.62. The van der Waals surface area contributed by atoms with Crippen LogP contribution in [0.1, 0.15) is 17.9 Å². The van der Waals surface area contributed by atoms with Gasteiger partial charge in [0.25, 0.3) is 0 Å². The van der Waals surface area contributed by atoms with Gasteiger partial charge in [-0.05, 0) is 13.0 Å². The highest BCUT2D eigenvalue weighted by Gasteiger charge is 2.00. The van der Waals surface area contributed by atoms with Crippen LogP contribution < -0.4 is 5.32 Å². The SMILES string of the molecule is Cc1nccc(CNC(=O)CCCl)n1. The summed E-state index contributed by atoms with van der Waals surface area (Å²) in [6.45, 7) is 2.24. The summed E-state index contributed by atoms with van der Waals surface area (Å²) in [5.74, 6) is 0.986. The van der Waals surface area contributed by atoms with Crippen LogP contribution in [0.25, 0.3) is 0 Å². The average molecular weight is 214 g/mol. The first-order valence-corrected chi connectivity index (χ1v) is 4.87. The van der Waals surface area contributed by atoms with E-state index in [0.29, 0.717) is 24.7 Å². The van der Waals surface area contributed by atoms with Crippen LogP contribution in [0.2, 0.25) is 0 Å². The number of nitrogens with zero attached hydrogens (tertiary/aromatic N) is 2. The van der Waals surface area contributed by atoms with Crippen LogP contribution in [0.15, 0.2) is 12.3 Å². The van der Waals surface area contributed by atoms with Crippen LogP contribution in [-0.4, -0.2) is 21.8 Å². The summed E-state index contributed by atoms with van der Waals surface area (Å²) in [7, 11) is 0. The fourth-order valence-corrected chi connectivity index (χ4v) is 1.14. The quantitative estimate of drug-likeness (QED) is 0.761. The van der Waals surface area contributed by atoms with Crippen molar-refractivity contribution in [2.75, 3.05) is 5.88 Å². The molecule has 0 bridgehead atoms. The topological polar surface area (TPSA) is 54.9 Å². The van der Waals surface area contributed by atoms with Crippen molar-refractivity contribution in [3.05, 3.63) is 23.8 Å². The van der Waals surface area contributed by atoms with E-state index < -0.39 is 0 Å². The molecule has 0 aliphatic rings. The van der Waals surface area contributed by atoms with Gasteiger partial charge in [0.15, 0.2) is 0 Å². The molecular weight excluding hydrogens is 202 g/mol. The second-order valence-corrected chi connectivity index (χ2v) is 3.19. The molecule has 76 valence electrons. The minimum atomic E-state index is -0.0590. The Morgan fingerprint density at radius 2 is 2.43 bits per heavy atom. The Morgan fingerprint density at radius 3 is 3.07 bits per heavy atom. The highest BCUT2D eigenvalue weighted by atomic mass is 35.5. The summed E-state index contributed by atoms with van der Waals surface area (Å²) in [6.07, 6.45) is 2.01. The first-order chi connectivity index (χ1) is 6.72. The fourth-order valence-electron chi connectivity index (χ4n) is 0.967. The minimum Gasteiger partial charge on any atom is -0.350 e. The second-order valence-electron chi connectivity index (χ2n) is 2.81. The van der Waals surface area contributed by atoms with Crippen LogP contribution in [0.4, 0.5) is 0 Å². The molecule has 0 saturated heterocycles. The molecule has 0 radical (unpaired) electrons. The minimum absolute atomic E-state index is 0.0590. The number of alkyl halides is 1. The Balaban J connectivity index is 2.41. The number of aromatic nitrogens is 2. The number of aryl methyl sites for hydroxylation is 1. The van der Waals surface area contributed by atoms with E-state index >= 15 is 0 Å². The number of amides is 1. The van der Waals surface area contributed by atoms with Crippen molar-refractivity contribution in [2.45, 2.75) is 19.9 Å². The lowest BCUT2D eigenvalue weighted by Crippen LogP contribution is -2.23. The zero-order chi connectivity index (χ0) is 10.4. The van der Waals surface area contributed by atoms with Crippen molar-refractivity contribution < 1.29 is 4.79 Å². The highest BCUT2D eigenvalue weighted by molar-refractivity contribution is 6.18. The predicted molar refractivity (Wildman–Crippen MR) is 54.0 cm³/mol. The molecular formula is C9H12ClN3O. The van der Waals surface area contributed by atoms with Crippen LogP contribution in [0, 0.1) is 6.92 Å². The van der Waals surface area contributed by atoms with Gasteiger partial charge in [0.1, 0.15) is 5.82 Å². The molecule has 0 aliphatic carbocycles. The summed E-state index contributed by atoms with van der Waals surface area (Å²) >= 11 is 5.42. The van der Waals surface area contributed by atoms with Crippen LogP contribution in [0.5, 0.6) is 0 Å². The summed E-state index contributed by atoms with van der Waals surface area (Å²) in [5, 5.41) is 2.71. The lowest BCUT2D eigenvalue weighted by atomic mass is 10.3. The number of nitrogens with one attached hydrogen (secondary N) is 1. The van der Waals surface area contributed by atoms with Gasteiger partial charge in [-0.1, -0.05) is 0 Å². The number of rotatable bonds is 4. The molecule has 0 spiro atoms. The molecule has 1 heterocycles. The molecule has 0 saturated carbocycles. The van der Waals surface area contributed by atoms with Crippen molar-refractivity contribution in [1.82, 2.24) is 15.3 Å². The van der Waals surface area contributed by atoms with Crippen molar-refractivity contribution >= 4 is 17.5 Å². The van der Waals surface area contributed by atoms with Crippen LogP contribution in [0.3, 0.4) is 0 Å². The lowest BCUT2D eigenvalue weighted by molar-refractivity contribution is -0.120. The van der Waals surface area contributed by atoms with Gasteiger partial charge >= 0.3 is 0 Å². The molecule has 0 unspecified atom stereocenters. The smallest absolute Gasteiger partial charge is 0.221 e. The summed E-state index contributed by atoms with van der Waals surface area (Å²) in [6, 6.07) is 1.77. The molecule has 14 heavy (non-hydrogen) atoms. The number of carbonyl (C=O) groups is 1. The van der Waals surface area contributed by atoms with Gasteiger partial charge in [-0.2, -0.15) is 0 Å². The average Bonchev–Trinajstić information content (AvgIpc) is 2.15. The van der Waals surface area contributed by atoms with Gasteiger partial charge in [0.05, 0.1) is 12.2 Å². The van der Waals surface area contributed by atoms with E-state index in [4.69, 9.17) is 11.6 Å². The summed E-state index contributed by atoms with van der Waals surface area (Å²) in [4.78, 5) is 19.2. The third kappa shape index (κ3) is 3.70. The fraction of sp³-hybridized carbons (Fsp3) is 0.444. The van der Waals surface area contributed by atoms with E-state index in [1.165, 1.54) is 0 Å². The molecule has 1 aromatic heterocycles. The van der Waals surface area contributed by atoms with Gasteiger partial charge in [0.2, 0.25) is 5.91 Å². The molecule has 5 heteroatoms. The van der Waals surface area contributed by atoms with E-state index in [9.17, 15) is 4.79 Å². The molecule has 4 nitrogen and oxygen atoms in total. The summed E-state index contributed by atoms with van der Waals surface area (Å²) in [5.41, 5.74) is 0.806. The first-order valence-electron chi connectivity index (χ1n) is 4.33. The third-order valence-corrected chi connectivity index (χ3v) is 1.81. The monoisotopic (exact) mass is 213 g/mol. The molecule has 1 amide bonds. The largest absolute Gasteiger partial charge is 0.350 e. The van der Waals surface area contributed by atoms with Gasteiger partial charge in [0, 0.05) is 18.5 Å². The predicted octanol–water partition coefficient (Wildman–Crippen LogP) is 1.03. The van der Waals surface area contributed by atoms with Gasteiger partial charge in [-0.15, -0.1) is 11.6 Å². The van der Waals surface area contributed by atoms with Crippen molar-refractivity contribution in [3.8, 4) is 0 Å². The first kappa shape index (κ1) is 10.9. The molecule has 0 atom stereocenters. The Morgan fingerprint density at radius 1 is 1.64 bits per heavy atom. The van der Waals surface area contributed by atoms with Crippen molar-refractivity contribution in [2.24, 2.45) is 0 Å². The Bertz CT molecular complexity index is 317. The van der Waals surface area contributed by atoms with Gasteiger partial charge < -0.3 is 5.32 Å². The van der Waals surface area contributed by atoms with Gasteiger partial charge in [-0.25, -0.2) is 9.97 Å². The number of hydrogen-bond donors (Lipinski definition) is 1. The highest BCUT2D eigenvalue weighted by Crippen LogP contribution is 1.94. The van der Waals surface area contributed by atoms with Crippen LogP contribution in [-0.2, 0) is 11.3 Å². The summed E-state index contributed by atoms with van der Waals surface area (Å²) < 4.78 is 0. The maximum Gasteiger partial charge on any atom is 0.221 e. The van der Waals surface area contributed by atoms with E-state index in [1.807, 2.05) is 6.92 Å². The maximum atomic E-state index is 11.1. The van der Waals surface area contributed by atoms with E-state index in [0.717, 1.165) is 5.69 Å². The molecule has 1 N–H and O–H groups in total. The van der Waals surface area contributed by atoms with E-state index in [-0.39, 0.29) is 5.91 Å². The standard InChI is InChI=1S/C9H12ClN3O/c1-7-11-5-3-8(13-7)6-12-9(14)2-4-10/h3,5H,2,4,6H2,1H3,(H,12,14). The number of halogens is 1. The van der Waals surface area contributed by atoms with E-state index in [1.54, 1.807) is 12.3 Å². The lowest BCUT2D eigenvalue weighted by Gasteiger charge is -2.03. The Kier molecular flexibility index (Phi) is 4.32. The Hall–Kier alpha value is -1.16. The molecule has 1 rings (SSSR count). The molecule has 0 aliphatic heterocycles. The van der Waals surface area contributed by atoms with Crippen LogP contribution >= 0.6 is 11.6 Å². The Labute approximate surface area is 87.7 Å². The molecule has 0 fully saturated rings. The zero-order valence-corrected chi connectivity index (χ0v) is 8.71. The number of carbonyl (C=O) groups excluding carboxylic acids is 1.